The molecule has 0 radical (unpaired) electrons. The molecular formula is C29H26Cl3FN2O4. The highest BCUT2D eigenvalue weighted by atomic mass is 35.5. The van der Waals surface area contributed by atoms with E-state index in [1.54, 1.807) is 45.2 Å². The molecule has 204 valence electrons. The molecule has 0 amide bonds. The lowest BCUT2D eigenvalue weighted by Gasteiger charge is -2.17. The Balaban J connectivity index is 1.88. The average molecular weight is 592 g/mol. The largest absolute Gasteiger partial charge is 0.457 e. The van der Waals surface area contributed by atoms with E-state index in [9.17, 15) is 9.59 Å². The van der Waals surface area contributed by atoms with E-state index in [4.69, 9.17) is 44.1 Å². The van der Waals surface area contributed by atoms with Crippen molar-refractivity contribution in [3.63, 3.8) is 0 Å². The molecule has 0 atom stereocenters. The Kier molecular flexibility index (Phi) is 7.74. The molecule has 0 aliphatic carbocycles. The van der Waals surface area contributed by atoms with Gasteiger partial charge < -0.3 is 9.26 Å². The van der Waals surface area contributed by atoms with Gasteiger partial charge >= 0.3 is 5.97 Å². The molecule has 0 saturated carbocycles. The molecule has 0 aliphatic rings. The summed E-state index contributed by atoms with van der Waals surface area (Å²) in [4.78, 5) is 26.4. The molecular weight excluding hydrogens is 566 g/mol. The van der Waals surface area contributed by atoms with Crippen molar-refractivity contribution < 1.29 is 23.2 Å². The van der Waals surface area contributed by atoms with E-state index in [0.717, 1.165) is 10.9 Å². The first-order valence-corrected chi connectivity index (χ1v) is 13.1. The second-order valence-electron chi connectivity index (χ2n) is 10.5. The van der Waals surface area contributed by atoms with E-state index in [1.165, 1.54) is 36.6 Å². The summed E-state index contributed by atoms with van der Waals surface area (Å²) in [6, 6.07) is 8.22. The van der Waals surface area contributed by atoms with Crippen LogP contribution in [0.5, 0.6) is 0 Å². The maximum Gasteiger partial charge on any atom is 0.331 e. The fourth-order valence-electron chi connectivity index (χ4n) is 4.27. The van der Waals surface area contributed by atoms with Gasteiger partial charge in [0.2, 0.25) is 0 Å². The number of fused-ring (bicyclic) bond motifs is 1. The van der Waals surface area contributed by atoms with Gasteiger partial charge in [-0.25, -0.2) is 9.18 Å². The van der Waals surface area contributed by atoms with Gasteiger partial charge in [0.1, 0.15) is 16.9 Å². The number of alkyl halides is 1. The Morgan fingerprint density at radius 2 is 1.72 bits per heavy atom. The number of esters is 1. The Morgan fingerprint density at radius 1 is 1.08 bits per heavy atom. The quantitative estimate of drug-likeness (QED) is 0.171. The lowest BCUT2D eigenvalue weighted by molar-refractivity contribution is -0.148. The monoisotopic (exact) mass is 590 g/mol. The van der Waals surface area contributed by atoms with E-state index in [2.05, 4.69) is 5.16 Å². The Hall–Kier alpha value is -3.13. The van der Waals surface area contributed by atoms with Crippen molar-refractivity contribution in [2.75, 3.05) is 0 Å². The highest BCUT2D eigenvalue weighted by molar-refractivity contribution is 6.42. The third-order valence-corrected chi connectivity index (χ3v) is 6.58. The number of rotatable bonds is 5. The number of hydrogen-bond donors (Lipinski definition) is 0. The maximum atomic E-state index is 15.3. The molecule has 10 heteroatoms. The molecule has 0 fully saturated rings. The predicted molar refractivity (Wildman–Crippen MR) is 152 cm³/mol. The van der Waals surface area contributed by atoms with Crippen LogP contribution in [0.2, 0.25) is 15.1 Å². The minimum absolute atomic E-state index is 0.00660. The molecule has 0 saturated heterocycles. The molecule has 0 aliphatic heterocycles. The fraction of sp³-hybridized carbons (Fsp3) is 0.276. The van der Waals surface area contributed by atoms with Gasteiger partial charge in [-0.1, -0.05) is 52.1 Å². The molecule has 0 unspecified atom stereocenters. The fourth-order valence-corrected chi connectivity index (χ4v) is 5.27. The first-order chi connectivity index (χ1) is 18.1. The molecule has 0 spiro atoms. The third-order valence-electron chi connectivity index (χ3n) is 5.77. The van der Waals surface area contributed by atoms with Crippen LogP contribution in [0.1, 0.15) is 61.9 Å². The minimum atomic E-state index is -2.05. The van der Waals surface area contributed by atoms with Gasteiger partial charge in [0.15, 0.2) is 11.4 Å². The average Bonchev–Trinajstić information content (AvgIpc) is 3.38. The Bertz CT molecular complexity index is 1620. The van der Waals surface area contributed by atoms with Crippen molar-refractivity contribution in [1.29, 1.82) is 0 Å². The van der Waals surface area contributed by atoms with E-state index in [1.807, 2.05) is 13.0 Å². The summed E-state index contributed by atoms with van der Waals surface area (Å²) in [7, 11) is 0. The summed E-state index contributed by atoms with van der Waals surface area (Å²) in [5, 5.41) is 5.28. The van der Waals surface area contributed by atoms with Crippen LogP contribution in [-0.4, -0.2) is 27.2 Å². The van der Waals surface area contributed by atoms with E-state index >= 15 is 4.39 Å². The number of hydrogen-bond acceptors (Lipinski definition) is 5. The summed E-state index contributed by atoms with van der Waals surface area (Å²) in [5.41, 5.74) is -0.638. The van der Waals surface area contributed by atoms with Crippen molar-refractivity contribution in [3.8, 4) is 11.3 Å². The summed E-state index contributed by atoms with van der Waals surface area (Å²) < 4.78 is 27.4. The minimum Gasteiger partial charge on any atom is -0.457 e. The van der Waals surface area contributed by atoms with Crippen LogP contribution in [0.15, 0.2) is 47.1 Å². The zero-order valence-corrected chi connectivity index (χ0v) is 24.4. The molecule has 39 heavy (non-hydrogen) atoms. The summed E-state index contributed by atoms with van der Waals surface area (Å²) >= 11 is 18.9. The van der Waals surface area contributed by atoms with Crippen LogP contribution < -0.4 is 0 Å². The SMILES string of the molecule is Cc1cn(C(=O)c2c(-c3c(Cl)cc(Cl)cc3Cl)noc2C(C)(C)F)c2cccc(/C=C/C(=O)OC(C)(C)C)c12. The topological polar surface area (TPSA) is 74.3 Å². The van der Waals surface area contributed by atoms with Crippen LogP contribution >= 0.6 is 34.8 Å². The lowest BCUT2D eigenvalue weighted by Crippen LogP contribution is -2.22. The van der Waals surface area contributed by atoms with Gasteiger partial charge in [-0.2, -0.15) is 0 Å². The first kappa shape index (κ1) is 28.9. The number of benzene rings is 2. The van der Waals surface area contributed by atoms with Crippen molar-refractivity contribution >= 4 is 63.7 Å². The molecule has 6 nitrogen and oxygen atoms in total. The lowest BCUT2D eigenvalue weighted by atomic mass is 9.98. The third kappa shape index (κ3) is 5.91. The summed E-state index contributed by atoms with van der Waals surface area (Å²) in [5.74, 6) is -1.36. The Morgan fingerprint density at radius 3 is 2.31 bits per heavy atom. The first-order valence-electron chi connectivity index (χ1n) is 12.0. The zero-order valence-electron chi connectivity index (χ0n) is 22.2. The van der Waals surface area contributed by atoms with Crippen LogP contribution in [0, 0.1) is 6.92 Å². The number of ether oxygens (including phenoxy) is 1. The predicted octanol–water partition coefficient (Wildman–Crippen LogP) is 8.81. The normalized spacial score (nSPS) is 12.5. The van der Waals surface area contributed by atoms with Crippen LogP contribution in [0.25, 0.3) is 28.2 Å². The second kappa shape index (κ2) is 10.5. The van der Waals surface area contributed by atoms with Gasteiger partial charge in [-0.05, 0) is 76.9 Å². The summed E-state index contributed by atoms with van der Waals surface area (Å²) in [6.45, 7) is 9.71. The standard InChI is InChI=1S/C29H26Cl3FN2O4/c1-15-14-35(20-9-7-8-16(22(15)20)10-11-21(36)38-28(2,3)4)27(37)24-25(34-39-26(24)29(5,6)33)23-18(31)12-17(30)13-19(23)32/h7-14H,1-6H3/b11-10+. The number of halogens is 4. The molecule has 2 aromatic heterocycles. The van der Waals surface area contributed by atoms with Crippen LogP contribution in [-0.2, 0) is 15.2 Å². The van der Waals surface area contributed by atoms with Crippen molar-refractivity contribution in [2.45, 2.75) is 52.8 Å². The van der Waals surface area contributed by atoms with Gasteiger partial charge in [-0.3, -0.25) is 9.36 Å². The number of aryl methyl sites for hydroxylation is 1. The van der Waals surface area contributed by atoms with Gasteiger partial charge in [-0.15, -0.1) is 0 Å². The smallest absolute Gasteiger partial charge is 0.331 e. The number of carbonyl (C=O) groups excluding carboxylic acids is 2. The molecule has 4 aromatic rings. The molecule has 2 heterocycles. The van der Waals surface area contributed by atoms with E-state index in [0.29, 0.717) is 11.1 Å². The van der Waals surface area contributed by atoms with Crippen LogP contribution in [0.4, 0.5) is 4.39 Å². The highest BCUT2D eigenvalue weighted by Crippen LogP contribution is 2.42. The van der Waals surface area contributed by atoms with Crippen molar-refractivity contribution in [1.82, 2.24) is 9.72 Å². The number of nitrogens with zero attached hydrogens (tertiary/aromatic N) is 2. The van der Waals surface area contributed by atoms with Gasteiger partial charge in [0.25, 0.3) is 5.91 Å². The maximum absolute atomic E-state index is 15.3. The molecule has 2 aromatic carbocycles. The Labute approximate surface area is 240 Å². The van der Waals surface area contributed by atoms with Crippen LogP contribution in [0.3, 0.4) is 0 Å². The number of aromatic nitrogens is 2. The molecule has 0 N–H and O–H groups in total. The van der Waals surface area contributed by atoms with Gasteiger partial charge in [0.05, 0.1) is 15.6 Å². The summed E-state index contributed by atoms with van der Waals surface area (Å²) in [6.07, 6.45) is 4.60. The molecule has 0 bridgehead atoms. The molecule has 4 rings (SSSR count). The van der Waals surface area contributed by atoms with Crippen molar-refractivity contribution in [2.24, 2.45) is 0 Å². The van der Waals surface area contributed by atoms with Gasteiger partial charge in [0, 0.05) is 28.2 Å². The zero-order chi connectivity index (χ0) is 28.9. The second-order valence-corrected chi connectivity index (χ2v) is 11.8. The van der Waals surface area contributed by atoms with E-state index < -0.39 is 23.1 Å². The van der Waals surface area contributed by atoms with E-state index in [-0.39, 0.29) is 37.6 Å². The highest BCUT2D eigenvalue weighted by Gasteiger charge is 2.37. The van der Waals surface area contributed by atoms with Crippen molar-refractivity contribution in [3.05, 3.63) is 80.1 Å². The number of carbonyl (C=O) groups is 2.